The van der Waals surface area contributed by atoms with Gasteiger partial charge in [0, 0.05) is 10.6 Å². The SMILES string of the molecule is O=C(Nc1ccc(S(=O)(=O)Nc2ccc(F)c(Cl)c2)cc1F)c1cccc(Cl)c1. The molecule has 0 aliphatic heterocycles. The van der Waals surface area contributed by atoms with Crippen LogP contribution in [0.25, 0.3) is 0 Å². The Labute approximate surface area is 175 Å². The Morgan fingerprint density at radius 3 is 2.31 bits per heavy atom. The standard InChI is InChI=1S/C19H12Cl2F2N2O3S/c20-12-3-1-2-11(8-12)19(26)24-18-7-5-14(10-17(18)23)29(27,28)25-13-4-6-16(22)15(21)9-13/h1-10,25H,(H,24,26). The third-order valence-electron chi connectivity index (χ3n) is 3.76. The lowest BCUT2D eigenvalue weighted by molar-refractivity contribution is 0.102. The molecule has 0 fully saturated rings. The minimum Gasteiger partial charge on any atom is -0.319 e. The summed E-state index contributed by atoms with van der Waals surface area (Å²) in [4.78, 5) is 11.8. The van der Waals surface area contributed by atoms with E-state index in [4.69, 9.17) is 23.2 Å². The molecule has 3 aromatic carbocycles. The number of amides is 1. The normalized spacial score (nSPS) is 11.2. The quantitative estimate of drug-likeness (QED) is 0.544. The van der Waals surface area contributed by atoms with Crippen molar-refractivity contribution in [2.75, 3.05) is 10.0 Å². The summed E-state index contributed by atoms with van der Waals surface area (Å²) in [5.41, 5.74) is 0.0114. The van der Waals surface area contributed by atoms with E-state index in [1.165, 1.54) is 18.2 Å². The van der Waals surface area contributed by atoms with Crippen LogP contribution in [0.4, 0.5) is 20.2 Å². The molecule has 1 amide bonds. The lowest BCUT2D eigenvalue weighted by Crippen LogP contribution is -2.15. The zero-order valence-corrected chi connectivity index (χ0v) is 16.7. The van der Waals surface area contributed by atoms with Gasteiger partial charge in [-0.15, -0.1) is 0 Å². The number of anilines is 2. The fourth-order valence-corrected chi connectivity index (χ4v) is 3.79. The Balaban J connectivity index is 1.80. The third-order valence-corrected chi connectivity index (χ3v) is 5.66. The van der Waals surface area contributed by atoms with Crippen LogP contribution in [0.15, 0.2) is 65.6 Å². The van der Waals surface area contributed by atoms with Gasteiger partial charge in [-0.05, 0) is 54.6 Å². The van der Waals surface area contributed by atoms with Crippen molar-refractivity contribution in [3.63, 3.8) is 0 Å². The molecule has 5 nitrogen and oxygen atoms in total. The number of hydrogen-bond acceptors (Lipinski definition) is 3. The Kier molecular flexibility index (Phi) is 6.07. The van der Waals surface area contributed by atoms with Gasteiger partial charge in [-0.2, -0.15) is 0 Å². The van der Waals surface area contributed by atoms with Crippen LogP contribution in [-0.4, -0.2) is 14.3 Å². The summed E-state index contributed by atoms with van der Waals surface area (Å²) < 4.78 is 54.6. The number of hydrogen-bond donors (Lipinski definition) is 2. The van der Waals surface area contributed by atoms with E-state index in [1.54, 1.807) is 12.1 Å². The second kappa shape index (κ2) is 8.36. The Hall–Kier alpha value is -2.68. The van der Waals surface area contributed by atoms with E-state index < -0.39 is 32.5 Å². The molecule has 0 bridgehead atoms. The van der Waals surface area contributed by atoms with Gasteiger partial charge in [-0.1, -0.05) is 29.3 Å². The van der Waals surface area contributed by atoms with Gasteiger partial charge in [0.1, 0.15) is 11.6 Å². The molecule has 0 heterocycles. The molecular weight excluding hydrogens is 445 g/mol. The van der Waals surface area contributed by atoms with Gasteiger partial charge in [0.25, 0.3) is 15.9 Å². The van der Waals surface area contributed by atoms with Crippen LogP contribution < -0.4 is 10.0 Å². The molecule has 0 radical (unpaired) electrons. The summed E-state index contributed by atoms with van der Waals surface area (Å²) >= 11 is 11.4. The Morgan fingerprint density at radius 1 is 0.897 bits per heavy atom. The monoisotopic (exact) mass is 456 g/mol. The number of nitrogens with one attached hydrogen (secondary N) is 2. The van der Waals surface area contributed by atoms with Gasteiger partial charge in [-0.25, -0.2) is 17.2 Å². The van der Waals surface area contributed by atoms with Gasteiger partial charge in [0.15, 0.2) is 0 Å². The molecule has 0 aromatic heterocycles. The average molecular weight is 457 g/mol. The number of rotatable bonds is 5. The molecule has 10 heteroatoms. The zero-order chi connectivity index (χ0) is 21.2. The van der Waals surface area contributed by atoms with Crippen LogP contribution in [-0.2, 0) is 10.0 Å². The fourth-order valence-electron chi connectivity index (χ4n) is 2.36. The van der Waals surface area contributed by atoms with Crippen molar-refractivity contribution in [1.29, 1.82) is 0 Å². The van der Waals surface area contributed by atoms with Crippen LogP contribution in [0.2, 0.25) is 10.0 Å². The number of carbonyl (C=O) groups excluding carboxylic acids is 1. The molecule has 0 saturated heterocycles. The first kappa shape index (κ1) is 21.0. The van der Waals surface area contributed by atoms with Crippen molar-refractivity contribution in [3.8, 4) is 0 Å². The summed E-state index contributed by atoms with van der Waals surface area (Å²) in [6.45, 7) is 0. The molecule has 150 valence electrons. The second-order valence-corrected chi connectivity index (χ2v) is 8.37. The maximum atomic E-state index is 14.4. The third kappa shape index (κ3) is 5.03. The van der Waals surface area contributed by atoms with Crippen molar-refractivity contribution in [2.24, 2.45) is 0 Å². The summed E-state index contributed by atoms with van der Waals surface area (Å²) in [5, 5.41) is 2.42. The van der Waals surface area contributed by atoms with E-state index in [0.29, 0.717) is 5.02 Å². The highest BCUT2D eigenvalue weighted by molar-refractivity contribution is 7.92. The highest BCUT2D eigenvalue weighted by atomic mass is 35.5. The van der Waals surface area contributed by atoms with Crippen molar-refractivity contribution in [2.45, 2.75) is 4.90 Å². The summed E-state index contributed by atoms with van der Waals surface area (Å²) in [6, 6.07) is 12.3. The molecular formula is C19H12Cl2F2N2O3S. The van der Waals surface area contributed by atoms with Crippen LogP contribution in [0.3, 0.4) is 0 Å². The number of halogens is 4. The number of carbonyl (C=O) groups is 1. The minimum atomic E-state index is -4.17. The van der Waals surface area contributed by atoms with E-state index in [0.717, 1.165) is 30.3 Å². The zero-order valence-electron chi connectivity index (χ0n) is 14.4. The molecule has 29 heavy (non-hydrogen) atoms. The van der Waals surface area contributed by atoms with E-state index in [1.807, 2.05) is 0 Å². The van der Waals surface area contributed by atoms with Crippen LogP contribution in [0.1, 0.15) is 10.4 Å². The molecule has 3 rings (SSSR count). The lowest BCUT2D eigenvalue weighted by atomic mass is 10.2. The Morgan fingerprint density at radius 2 is 1.66 bits per heavy atom. The molecule has 2 N–H and O–H groups in total. The molecule has 0 aliphatic carbocycles. The van der Waals surface area contributed by atoms with E-state index in [-0.39, 0.29) is 22.0 Å². The van der Waals surface area contributed by atoms with Crippen molar-refractivity contribution in [1.82, 2.24) is 0 Å². The van der Waals surface area contributed by atoms with Crippen LogP contribution in [0, 0.1) is 11.6 Å². The van der Waals surface area contributed by atoms with Crippen molar-refractivity contribution < 1.29 is 22.0 Å². The summed E-state index contributed by atoms with van der Waals surface area (Å²) in [7, 11) is -4.17. The van der Waals surface area contributed by atoms with Gasteiger partial charge in [-0.3, -0.25) is 9.52 Å². The Bertz CT molecular complexity index is 1200. The minimum absolute atomic E-state index is 0.00939. The van der Waals surface area contributed by atoms with Gasteiger partial charge in [0.05, 0.1) is 21.3 Å². The van der Waals surface area contributed by atoms with E-state index in [9.17, 15) is 22.0 Å². The molecule has 3 aromatic rings. The first-order chi connectivity index (χ1) is 13.7. The van der Waals surface area contributed by atoms with E-state index in [2.05, 4.69) is 10.0 Å². The predicted octanol–water partition coefficient (Wildman–Crippen LogP) is 5.32. The highest BCUT2D eigenvalue weighted by Gasteiger charge is 2.18. The smallest absolute Gasteiger partial charge is 0.261 e. The second-order valence-electron chi connectivity index (χ2n) is 5.84. The van der Waals surface area contributed by atoms with E-state index >= 15 is 0 Å². The van der Waals surface area contributed by atoms with Crippen LogP contribution in [0.5, 0.6) is 0 Å². The molecule has 0 aliphatic rings. The largest absolute Gasteiger partial charge is 0.319 e. The summed E-state index contributed by atoms with van der Waals surface area (Å²) in [6.07, 6.45) is 0. The first-order valence-electron chi connectivity index (χ1n) is 8.00. The number of sulfonamides is 1. The lowest BCUT2D eigenvalue weighted by Gasteiger charge is -2.11. The highest BCUT2D eigenvalue weighted by Crippen LogP contribution is 2.24. The first-order valence-corrected chi connectivity index (χ1v) is 10.2. The topological polar surface area (TPSA) is 75.3 Å². The van der Waals surface area contributed by atoms with Crippen molar-refractivity contribution in [3.05, 3.63) is 87.9 Å². The summed E-state index contributed by atoms with van der Waals surface area (Å²) in [5.74, 6) is -2.28. The van der Waals surface area contributed by atoms with Gasteiger partial charge in [0.2, 0.25) is 0 Å². The molecule has 0 spiro atoms. The average Bonchev–Trinajstić information content (AvgIpc) is 2.66. The number of benzene rings is 3. The molecule has 0 atom stereocenters. The van der Waals surface area contributed by atoms with Crippen molar-refractivity contribution >= 4 is 50.5 Å². The molecule has 0 unspecified atom stereocenters. The van der Waals surface area contributed by atoms with Gasteiger partial charge < -0.3 is 5.32 Å². The fraction of sp³-hybridized carbons (Fsp3) is 0. The predicted molar refractivity (Wildman–Crippen MR) is 108 cm³/mol. The van der Waals surface area contributed by atoms with Gasteiger partial charge >= 0.3 is 0 Å². The maximum Gasteiger partial charge on any atom is 0.261 e. The molecule has 0 saturated carbocycles. The van der Waals surface area contributed by atoms with Crippen LogP contribution >= 0.6 is 23.2 Å². The maximum absolute atomic E-state index is 14.4.